The van der Waals surface area contributed by atoms with Gasteiger partial charge < -0.3 is 4.90 Å². The Morgan fingerprint density at radius 2 is 1.94 bits per heavy atom. The molecule has 0 saturated heterocycles. The van der Waals surface area contributed by atoms with Crippen LogP contribution in [0.25, 0.3) is 0 Å². The van der Waals surface area contributed by atoms with Crippen LogP contribution in [0.15, 0.2) is 24.3 Å². The fourth-order valence-corrected chi connectivity index (χ4v) is 1.87. The molecule has 0 fully saturated rings. The van der Waals surface area contributed by atoms with E-state index in [1.165, 1.54) is 12.1 Å². The van der Waals surface area contributed by atoms with Crippen LogP contribution in [0.4, 0.5) is 4.39 Å². The summed E-state index contributed by atoms with van der Waals surface area (Å²) in [5.41, 5.74) is 0.929. The molecule has 0 aromatic heterocycles. The van der Waals surface area contributed by atoms with Crippen molar-refractivity contribution < 1.29 is 9.18 Å². The predicted molar refractivity (Wildman–Crippen MR) is 70.6 cm³/mol. The number of rotatable bonds is 4. The van der Waals surface area contributed by atoms with E-state index >= 15 is 0 Å². The molecule has 0 aliphatic heterocycles. The number of carbonyl (C=O) groups is 1. The normalized spacial score (nSPS) is 14.2. The van der Waals surface area contributed by atoms with E-state index in [0.29, 0.717) is 0 Å². The molecule has 1 rings (SSSR count). The first-order chi connectivity index (χ1) is 7.97. The minimum absolute atomic E-state index is 0.0457. The van der Waals surface area contributed by atoms with E-state index in [4.69, 9.17) is 0 Å². The standard InChI is InChI=1S/C13H17BrFNO/c1-4-12(14)13(17)16(3)9(2)10-5-7-11(15)8-6-10/h5-9,12H,4H2,1-3H3. The Kier molecular flexibility index (Phi) is 5.12. The molecule has 1 aromatic rings. The Hall–Kier alpha value is -0.900. The van der Waals surface area contributed by atoms with Crippen molar-refractivity contribution in [3.8, 4) is 0 Å². The van der Waals surface area contributed by atoms with Gasteiger partial charge in [0.2, 0.25) is 5.91 Å². The van der Waals surface area contributed by atoms with E-state index in [2.05, 4.69) is 15.9 Å². The molecule has 0 spiro atoms. The Morgan fingerprint density at radius 1 is 1.41 bits per heavy atom. The minimum Gasteiger partial charge on any atom is -0.338 e. The Labute approximate surface area is 110 Å². The quantitative estimate of drug-likeness (QED) is 0.779. The molecule has 1 amide bonds. The minimum atomic E-state index is -0.262. The van der Waals surface area contributed by atoms with Crippen molar-refractivity contribution in [2.24, 2.45) is 0 Å². The van der Waals surface area contributed by atoms with E-state index in [-0.39, 0.29) is 22.6 Å². The summed E-state index contributed by atoms with van der Waals surface area (Å²) < 4.78 is 12.8. The second kappa shape index (κ2) is 6.15. The highest BCUT2D eigenvalue weighted by molar-refractivity contribution is 9.10. The zero-order chi connectivity index (χ0) is 13.0. The lowest BCUT2D eigenvalue weighted by Gasteiger charge is -2.27. The van der Waals surface area contributed by atoms with Gasteiger partial charge >= 0.3 is 0 Å². The van der Waals surface area contributed by atoms with Crippen LogP contribution in [0.3, 0.4) is 0 Å². The van der Waals surface area contributed by atoms with Gasteiger partial charge in [-0.25, -0.2) is 4.39 Å². The first-order valence-corrected chi connectivity index (χ1v) is 6.55. The van der Waals surface area contributed by atoms with Crippen LogP contribution >= 0.6 is 15.9 Å². The summed E-state index contributed by atoms with van der Waals surface area (Å²) in [5.74, 6) is -0.216. The van der Waals surface area contributed by atoms with Crippen LogP contribution in [0.1, 0.15) is 31.9 Å². The zero-order valence-electron chi connectivity index (χ0n) is 10.3. The average molecular weight is 302 g/mol. The van der Waals surface area contributed by atoms with Crippen LogP contribution in [0, 0.1) is 5.82 Å². The van der Waals surface area contributed by atoms with Crippen molar-refractivity contribution >= 4 is 21.8 Å². The number of alkyl halides is 1. The number of carbonyl (C=O) groups excluding carboxylic acids is 1. The fraction of sp³-hybridized carbons (Fsp3) is 0.462. The Balaban J connectivity index is 2.79. The van der Waals surface area contributed by atoms with E-state index in [1.807, 2.05) is 13.8 Å². The average Bonchev–Trinajstić information content (AvgIpc) is 2.36. The van der Waals surface area contributed by atoms with E-state index in [9.17, 15) is 9.18 Å². The molecule has 4 heteroatoms. The molecule has 1 aromatic carbocycles. The Bertz CT molecular complexity index is 380. The maximum absolute atomic E-state index is 12.8. The van der Waals surface area contributed by atoms with Gasteiger partial charge in [-0.3, -0.25) is 4.79 Å². The van der Waals surface area contributed by atoms with Crippen molar-refractivity contribution in [1.29, 1.82) is 0 Å². The zero-order valence-corrected chi connectivity index (χ0v) is 11.9. The number of hydrogen-bond acceptors (Lipinski definition) is 1. The summed E-state index contributed by atoms with van der Waals surface area (Å²) in [6.07, 6.45) is 0.749. The van der Waals surface area contributed by atoms with Crippen molar-refractivity contribution in [2.45, 2.75) is 31.1 Å². The first kappa shape index (κ1) is 14.2. The van der Waals surface area contributed by atoms with Gasteiger partial charge in [0.1, 0.15) is 5.82 Å². The van der Waals surface area contributed by atoms with Crippen LogP contribution in [-0.2, 0) is 4.79 Å². The monoisotopic (exact) mass is 301 g/mol. The molecule has 2 unspecified atom stereocenters. The molecular formula is C13H17BrFNO. The number of nitrogens with zero attached hydrogens (tertiary/aromatic N) is 1. The lowest BCUT2D eigenvalue weighted by molar-refractivity contribution is -0.131. The molecular weight excluding hydrogens is 285 g/mol. The molecule has 17 heavy (non-hydrogen) atoms. The van der Waals surface area contributed by atoms with E-state index < -0.39 is 0 Å². The molecule has 2 atom stereocenters. The predicted octanol–water partition coefficient (Wildman–Crippen LogP) is 3.52. The lowest BCUT2D eigenvalue weighted by atomic mass is 10.1. The molecule has 94 valence electrons. The number of halogens is 2. The molecule has 2 nitrogen and oxygen atoms in total. The van der Waals surface area contributed by atoms with Crippen LogP contribution in [0.2, 0.25) is 0 Å². The van der Waals surface area contributed by atoms with Gasteiger partial charge in [-0.15, -0.1) is 0 Å². The first-order valence-electron chi connectivity index (χ1n) is 5.63. The van der Waals surface area contributed by atoms with E-state index in [1.54, 1.807) is 24.1 Å². The third kappa shape index (κ3) is 3.53. The van der Waals surface area contributed by atoms with Gasteiger partial charge in [-0.2, -0.15) is 0 Å². The summed E-state index contributed by atoms with van der Waals surface area (Å²) in [6, 6.07) is 6.18. The van der Waals surface area contributed by atoms with Crippen molar-refractivity contribution in [3.05, 3.63) is 35.6 Å². The van der Waals surface area contributed by atoms with Crippen molar-refractivity contribution in [1.82, 2.24) is 4.90 Å². The smallest absolute Gasteiger partial charge is 0.236 e. The highest BCUT2D eigenvalue weighted by Crippen LogP contribution is 2.21. The largest absolute Gasteiger partial charge is 0.338 e. The van der Waals surface area contributed by atoms with E-state index in [0.717, 1.165) is 12.0 Å². The molecule has 0 aliphatic carbocycles. The second-order valence-electron chi connectivity index (χ2n) is 4.05. The fourth-order valence-electron chi connectivity index (χ4n) is 1.55. The SMILES string of the molecule is CCC(Br)C(=O)N(C)C(C)c1ccc(F)cc1. The van der Waals surface area contributed by atoms with Crippen LogP contribution in [0.5, 0.6) is 0 Å². The van der Waals surface area contributed by atoms with Crippen molar-refractivity contribution in [2.75, 3.05) is 7.05 Å². The number of amides is 1. The Morgan fingerprint density at radius 3 is 2.41 bits per heavy atom. The third-order valence-electron chi connectivity index (χ3n) is 2.91. The van der Waals surface area contributed by atoms with Crippen LogP contribution in [-0.4, -0.2) is 22.7 Å². The lowest BCUT2D eigenvalue weighted by Crippen LogP contribution is -2.35. The topological polar surface area (TPSA) is 20.3 Å². The maximum atomic E-state index is 12.8. The number of benzene rings is 1. The molecule has 0 heterocycles. The number of hydrogen-bond donors (Lipinski definition) is 0. The molecule has 0 aliphatic rings. The second-order valence-corrected chi connectivity index (χ2v) is 5.16. The third-order valence-corrected chi connectivity index (χ3v) is 3.95. The van der Waals surface area contributed by atoms with Gasteiger partial charge in [-0.05, 0) is 31.0 Å². The van der Waals surface area contributed by atoms with Gasteiger partial charge in [0, 0.05) is 7.05 Å². The highest BCUT2D eigenvalue weighted by atomic mass is 79.9. The summed E-state index contributed by atoms with van der Waals surface area (Å²) in [4.78, 5) is 13.5. The van der Waals surface area contributed by atoms with Crippen LogP contribution < -0.4 is 0 Å². The molecule has 0 saturated carbocycles. The molecule has 0 N–H and O–H groups in total. The summed E-state index contributed by atoms with van der Waals surface area (Å²) in [7, 11) is 1.76. The molecule has 0 bridgehead atoms. The van der Waals surface area contributed by atoms with Crippen molar-refractivity contribution in [3.63, 3.8) is 0 Å². The summed E-state index contributed by atoms with van der Waals surface area (Å²) >= 11 is 3.34. The summed E-state index contributed by atoms with van der Waals surface area (Å²) in [6.45, 7) is 3.88. The maximum Gasteiger partial charge on any atom is 0.236 e. The molecule has 0 radical (unpaired) electrons. The highest BCUT2D eigenvalue weighted by Gasteiger charge is 2.22. The summed E-state index contributed by atoms with van der Waals surface area (Å²) in [5, 5.41) is 0. The van der Waals surface area contributed by atoms with Gasteiger partial charge in [0.25, 0.3) is 0 Å². The van der Waals surface area contributed by atoms with Gasteiger partial charge in [-0.1, -0.05) is 35.0 Å². The van der Waals surface area contributed by atoms with Gasteiger partial charge in [0.05, 0.1) is 10.9 Å². The van der Waals surface area contributed by atoms with Gasteiger partial charge in [0.15, 0.2) is 0 Å².